The summed E-state index contributed by atoms with van der Waals surface area (Å²) in [6.45, 7) is 4.97. The van der Waals surface area contributed by atoms with Crippen molar-refractivity contribution in [1.82, 2.24) is 10.3 Å². The maximum absolute atomic E-state index is 12.4. The Morgan fingerprint density at radius 3 is 2.61 bits per heavy atom. The standard InChI is InChI=1S/C25H36N4O2/c1-2-3-4-5-6-7-8-11-17-31-21-29-20-28(23-14-9-10-15-24(23)29)19-27-25(30)22-13-12-16-26-18-22/h9-10,12-16,18H,2-8,11,17,19-21H2,1H3,(H,27,30)/p+1. The van der Waals surface area contributed by atoms with Crippen molar-refractivity contribution in [2.24, 2.45) is 0 Å². The van der Waals surface area contributed by atoms with Crippen LogP contribution in [-0.2, 0) is 4.74 Å². The molecule has 0 bridgehead atoms. The van der Waals surface area contributed by atoms with E-state index in [9.17, 15) is 4.79 Å². The van der Waals surface area contributed by atoms with Crippen molar-refractivity contribution in [2.45, 2.75) is 58.3 Å². The highest BCUT2D eigenvalue weighted by Gasteiger charge is 2.30. The van der Waals surface area contributed by atoms with Crippen molar-refractivity contribution in [2.75, 3.05) is 31.6 Å². The zero-order valence-corrected chi connectivity index (χ0v) is 18.8. The zero-order valence-electron chi connectivity index (χ0n) is 18.8. The molecular weight excluding hydrogens is 388 g/mol. The Morgan fingerprint density at radius 1 is 1.06 bits per heavy atom. The van der Waals surface area contributed by atoms with Gasteiger partial charge in [-0.3, -0.25) is 19.6 Å². The maximum Gasteiger partial charge on any atom is 0.257 e. The summed E-state index contributed by atoms with van der Waals surface area (Å²) in [7, 11) is 0. The zero-order chi connectivity index (χ0) is 21.7. The first-order valence-corrected chi connectivity index (χ1v) is 11.7. The summed E-state index contributed by atoms with van der Waals surface area (Å²) in [5.74, 6) is -0.0949. The highest BCUT2D eigenvalue weighted by atomic mass is 16.5. The lowest BCUT2D eigenvalue weighted by Crippen LogP contribution is -3.08. The number of carbonyl (C=O) groups excluding carboxylic acids is 1. The quantitative estimate of drug-likeness (QED) is 0.451. The number of fused-ring (bicyclic) bond motifs is 1. The Morgan fingerprint density at radius 2 is 1.84 bits per heavy atom. The molecule has 1 amide bonds. The van der Waals surface area contributed by atoms with Crippen molar-refractivity contribution in [3.63, 3.8) is 0 Å². The molecule has 0 radical (unpaired) electrons. The first kappa shape index (κ1) is 23.2. The van der Waals surface area contributed by atoms with Crippen molar-refractivity contribution < 1.29 is 14.4 Å². The largest absolute Gasteiger partial charge is 0.361 e. The third kappa shape index (κ3) is 7.33. The molecular formula is C25H37N4O2+. The predicted molar refractivity (Wildman–Crippen MR) is 124 cm³/mol. The first-order chi connectivity index (χ1) is 15.3. The van der Waals surface area contributed by atoms with Crippen LogP contribution in [0.4, 0.5) is 11.4 Å². The number of nitrogens with one attached hydrogen (secondary N) is 2. The number of pyridine rings is 1. The van der Waals surface area contributed by atoms with Crippen molar-refractivity contribution in [1.29, 1.82) is 0 Å². The fourth-order valence-corrected chi connectivity index (χ4v) is 4.01. The molecule has 0 aliphatic carbocycles. The minimum atomic E-state index is -0.0949. The molecule has 1 aliphatic rings. The van der Waals surface area contributed by atoms with Gasteiger partial charge in [0, 0.05) is 25.1 Å². The summed E-state index contributed by atoms with van der Waals surface area (Å²) in [6.07, 6.45) is 13.7. The number of anilines is 1. The smallest absolute Gasteiger partial charge is 0.257 e. The van der Waals surface area contributed by atoms with Crippen molar-refractivity contribution in [3.8, 4) is 0 Å². The van der Waals surface area contributed by atoms with E-state index in [1.54, 1.807) is 24.5 Å². The third-order valence-corrected chi connectivity index (χ3v) is 5.78. The van der Waals surface area contributed by atoms with E-state index in [1.165, 1.54) is 61.2 Å². The Balaban J connectivity index is 1.38. The molecule has 2 heterocycles. The number of benzene rings is 1. The average Bonchev–Trinajstić information content (AvgIpc) is 3.17. The molecule has 0 saturated heterocycles. The van der Waals surface area contributed by atoms with Gasteiger partial charge in [0.2, 0.25) is 0 Å². The molecule has 6 nitrogen and oxygen atoms in total. The molecule has 1 aromatic heterocycles. The van der Waals surface area contributed by atoms with Crippen LogP contribution in [0.3, 0.4) is 0 Å². The molecule has 1 atom stereocenters. The second-order valence-corrected chi connectivity index (χ2v) is 8.26. The number of carbonyl (C=O) groups is 1. The van der Waals surface area contributed by atoms with Crippen LogP contribution in [0.25, 0.3) is 0 Å². The Bertz CT molecular complexity index is 784. The van der Waals surface area contributed by atoms with Gasteiger partial charge >= 0.3 is 0 Å². The van der Waals surface area contributed by atoms with Gasteiger partial charge in [-0.25, -0.2) is 0 Å². The SMILES string of the molecule is CCCCCCCCCCOCN1C[NH+](CNC(=O)c2cccnc2)c2ccccc21. The van der Waals surface area contributed by atoms with Gasteiger partial charge in [0.15, 0.2) is 19.0 Å². The summed E-state index contributed by atoms with van der Waals surface area (Å²) < 4.78 is 5.98. The summed E-state index contributed by atoms with van der Waals surface area (Å²) >= 11 is 0. The monoisotopic (exact) mass is 425 g/mol. The number of ether oxygens (including phenoxy) is 1. The van der Waals surface area contributed by atoms with E-state index in [4.69, 9.17) is 4.74 Å². The summed E-state index contributed by atoms with van der Waals surface area (Å²) in [5.41, 5.74) is 2.97. The Kier molecular flexibility index (Phi) is 9.80. The molecule has 31 heavy (non-hydrogen) atoms. The highest BCUT2D eigenvalue weighted by molar-refractivity contribution is 5.93. The lowest BCUT2D eigenvalue weighted by atomic mass is 10.1. The number of rotatable bonds is 14. The summed E-state index contributed by atoms with van der Waals surface area (Å²) in [6, 6.07) is 11.9. The van der Waals surface area contributed by atoms with Gasteiger partial charge in [-0.2, -0.15) is 0 Å². The topological polar surface area (TPSA) is 58.9 Å². The normalized spacial score (nSPS) is 15.1. The molecule has 0 fully saturated rings. The lowest BCUT2D eigenvalue weighted by Gasteiger charge is -2.18. The van der Waals surface area contributed by atoms with Crippen LogP contribution >= 0.6 is 0 Å². The second-order valence-electron chi connectivity index (χ2n) is 8.26. The minimum absolute atomic E-state index is 0.0949. The number of quaternary nitrogens is 1. The van der Waals surface area contributed by atoms with Gasteiger partial charge in [-0.15, -0.1) is 0 Å². The van der Waals surface area contributed by atoms with Gasteiger partial charge < -0.3 is 10.1 Å². The minimum Gasteiger partial charge on any atom is -0.361 e. The maximum atomic E-state index is 12.4. The number of aromatic nitrogens is 1. The molecule has 1 aliphatic heterocycles. The number of hydrogen-bond acceptors (Lipinski definition) is 4. The van der Waals surface area contributed by atoms with E-state index < -0.39 is 0 Å². The molecule has 6 heteroatoms. The number of nitrogens with zero attached hydrogens (tertiary/aromatic N) is 2. The fraction of sp³-hybridized carbons (Fsp3) is 0.520. The molecule has 1 aromatic carbocycles. The molecule has 168 valence electrons. The number of para-hydroxylation sites is 2. The van der Waals surface area contributed by atoms with Crippen LogP contribution in [0.5, 0.6) is 0 Å². The van der Waals surface area contributed by atoms with E-state index >= 15 is 0 Å². The van der Waals surface area contributed by atoms with E-state index in [0.29, 0.717) is 19.0 Å². The fourth-order valence-electron chi connectivity index (χ4n) is 4.01. The van der Waals surface area contributed by atoms with Gasteiger partial charge in [-0.05, 0) is 24.6 Å². The van der Waals surface area contributed by atoms with Gasteiger partial charge in [0.05, 0.1) is 5.56 Å². The van der Waals surface area contributed by atoms with Crippen LogP contribution in [0.15, 0.2) is 48.8 Å². The first-order valence-electron chi connectivity index (χ1n) is 11.7. The van der Waals surface area contributed by atoms with Crippen LogP contribution < -0.4 is 15.1 Å². The van der Waals surface area contributed by atoms with Gasteiger partial charge in [0.1, 0.15) is 12.4 Å². The number of unbranched alkanes of at least 4 members (excludes halogenated alkanes) is 7. The number of amides is 1. The van der Waals surface area contributed by atoms with E-state index in [0.717, 1.165) is 19.7 Å². The average molecular weight is 426 g/mol. The van der Waals surface area contributed by atoms with Crippen LogP contribution in [-0.4, -0.2) is 37.6 Å². The summed E-state index contributed by atoms with van der Waals surface area (Å²) in [5, 5.41) is 3.03. The summed E-state index contributed by atoms with van der Waals surface area (Å²) in [4.78, 5) is 19.8. The van der Waals surface area contributed by atoms with E-state index in [-0.39, 0.29) is 5.91 Å². The Hall–Kier alpha value is -2.44. The Labute approximate surface area is 186 Å². The molecule has 3 rings (SSSR count). The third-order valence-electron chi connectivity index (χ3n) is 5.78. The van der Waals surface area contributed by atoms with Crippen molar-refractivity contribution >= 4 is 17.3 Å². The second kappa shape index (κ2) is 13.1. The predicted octanol–water partition coefficient (Wildman–Crippen LogP) is 3.88. The molecule has 2 aromatic rings. The van der Waals surface area contributed by atoms with E-state index in [1.807, 2.05) is 6.07 Å². The van der Waals surface area contributed by atoms with Gasteiger partial charge in [0.25, 0.3) is 5.91 Å². The molecule has 0 saturated carbocycles. The van der Waals surface area contributed by atoms with Crippen molar-refractivity contribution in [3.05, 3.63) is 54.4 Å². The highest BCUT2D eigenvalue weighted by Crippen LogP contribution is 2.25. The lowest BCUT2D eigenvalue weighted by molar-refractivity contribution is -0.828. The van der Waals surface area contributed by atoms with Crippen LogP contribution in [0.2, 0.25) is 0 Å². The van der Waals surface area contributed by atoms with Crippen LogP contribution in [0.1, 0.15) is 68.6 Å². The van der Waals surface area contributed by atoms with Crippen LogP contribution in [0, 0.1) is 0 Å². The van der Waals surface area contributed by atoms with Gasteiger partial charge in [-0.1, -0.05) is 64.0 Å². The molecule has 0 spiro atoms. The van der Waals surface area contributed by atoms with E-state index in [2.05, 4.69) is 40.3 Å². The molecule has 2 N–H and O–H groups in total. The number of hydrogen-bond donors (Lipinski definition) is 2. The molecule has 1 unspecified atom stereocenters.